The summed E-state index contributed by atoms with van der Waals surface area (Å²) in [5.74, 6) is 0.418. The van der Waals surface area contributed by atoms with Crippen molar-refractivity contribution in [3.05, 3.63) is 39.7 Å². The smallest absolute Gasteiger partial charge is 0.293 e. The Kier molecular flexibility index (Phi) is 3.88. The molecule has 0 radical (unpaired) electrons. The molecule has 21 heavy (non-hydrogen) atoms. The summed E-state index contributed by atoms with van der Waals surface area (Å²) in [4.78, 5) is 16.4. The summed E-state index contributed by atoms with van der Waals surface area (Å²) in [5, 5.41) is 3.66. The maximum Gasteiger partial charge on any atom is 0.293 e. The second-order valence-corrected chi connectivity index (χ2v) is 6.19. The molecule has 0 spiro atoms. The Labute approximate surface area is 137 Å². The molecule has 8 heteroatoms. The molecule has 1 N–H and O–H groups in total. The van der Waals surface area contributed by atoms with Gasteiger partial charge in [0, 0.05) is 0 Å². The third-order valence-electron chi connectivity index (χ3n) is 2.70. The van der Waals surface area contributed by atoms with Gasteiger partial charge in [0.15, 0.2) is 15.6 Å². The van der Waals surface area contributed by atoms with Crippen LogP contribution in [-0.2, 0) is 0 Å². The fraction of sp³-hybridized carbons (Fsp3) is 0.0769. The number of furan rings is 1. The highest BCUT2D eigenvalue weighted by Crippen LogP contribution is 2.37. The highest BCUT2D eigenvalue weighted by atomic mass is 79.9. The maximum absolute atomic E-state index is 12.0. The van der Waals surface area contributed by atoms with Crippen LogP contribution in [0.5, 0.6) is 5.75 Å². The van der Waals surface area contributed by atoms with Gasteiger partial charge in [0.2, 0.25) is 0 Å². The average Bonchev–Trinajstić information content (AvgIpc) is 3.06. The van der Waals surface area contributed by atoms with E-state index in [1.165, 1.54) is 11.3 Å². The first kappa shape index (κ1) is 14.4. The first-order valence-electron chi connectivity index (χ1n) is 5.78. The molecular weight excluding hydrogens is 380 g/mol. The van der Waals surface area contributed by atoms with Crippen LogP contribution in [0.25, 0.3) is 10.2 Å². The number of fused-ring (bicyclic) bond motifs is 1. The number of nitrogens with one attached hydrogen (secondary N) is 1. The van der Waals surface area contributed by atoms with Crippen LogP contribution in [0.3, 0.4) is 0 Å². The molecule has 0 fully saturated rings. The van der Waals surface area contributed by atoms with Gasteiger partial charge in [0.25, 0.3) is 5.91 Å². The van der Waals surface area contributed by atoms with Gasteiger partial charge in [-0.2, -0.15) is 0 Å². The molecule has 1 amide bonds. The van der Waals surface area contributed by atoms with Crippen molar-refractivity contribution >= 4 is 60.1 Å². The van der Waals surface area contributed by atoms with Crippen molar-refractivity contribution in [1.29, 1.82) is 0 Å². The fourth-order valence-corrected chi connectivity index (χ4v) is 3.22. The van der Waals surface area contributed by atoms with Crippen molar-refractivity contribution in [2.45, 2.75) is 0 Å². The van der Waals surface area contributed by atoms with Crippen LogP contribution < -0.4 is 10.1 Å². The van der Waals surface area contributed by atoms with Crippen molar-refractivity contribution in [3.63, 3.8) is 0 Å². The lowest BCUT2D eigenvalue weighted by Crippen LogP contribution is -2.10. The number of amides is 1. The van der Waals surface area contributed by atoms with E-state index in [1.807, 2.05) is 0 Å². The fourth-order valence-electron chi connectivity index (χ4n) is 1.77. The predicted octanol–water partition coefficient (Wildman–Crippen LogP) is 4.57. The molecule has 0 aliphatic rings. The van der Waals surface area contributed by atoms with E-state index in [0.29, 0.717) is 26.1 Å². The highest BCUT2D eigenvalue weighted by molar-refractivity contribution is 9.10. The Bertz CT molecular complexity index is 830. The van der Waals surface area contributed by atoms with E-state index in [2.05, 4.69) is 26.2 Å². The number of nitrogens with zero attached hydrogens (tertiary/aromatic N) is 1. The van der Waals surface area contributed by atoms with Gasteiger partial charge in [-0.3, -0.25) is 10.1 Å². The van der Waals surface area contributed by atoms with Gasteiger partial charge < -0.3 is 9.15 Å². The number of hydrogen-bond acceptors (Lipinski definition) is 5. The van der Waals surface area contributed by atoms with Crippen LogP contribution in [0, 0.1) is 0 Å². The topological polar surface area (TPSA) is 64.4 Å². The molecule has 0 unspecified atom stereocenters. The van der Waals surface area contributed by atoms with Crippen molar-refractivity contribution in [2.75, 3.05) is 12.4 Å². The van der Waals surface area contributed by atoms with E-state index < -0.39 is 0 Å². The van der Waals surface area contributed by atoms with Gasteiger partial charge in [-0.05, 0) is 40.2 Å². The molecule has 2 heterocycles. The third-order valence-corrected chi connectivity index (χ3v) is 4.55. The molecule has 0 saturated carbocycles. The zero-order valence-electron chi connectivity index (χ0n) is 10.6. The Hall–Kier alpha value is -1.57. The second-order valence-electron chi connectivity index (χ2n) is 4.00. The lowest BCUT2D eigenvalue weighted by Gasteiger charge is -2.00. The number of aromatic nitrogens is 1. The number of anilines is 1. The Morgan fingerprint density at radius 2 is 2.24 bits per heavy atom. The summed E-state index contributed by atoms with van der Waals surface area (Å²) in [7, 11) is 1.56. The van der Waals surface area contributed by atoms with Crippen LogP contribution in [0.1, 0.15) is 10.6 Å². The maximum atomic E-state index is 12.0. The Balaban J connectivity index is 1.94. The normalized spacial score (nSPS) is 10.8. The number of hydrogen-bond donors (Lipinski definition) is 1. The molecule has 1 aromatic carbocycles. The van der Waals surface area contributed by atoms with E-state index in [-0.39, 0.29) is 11.7 Å². The number of carbonyl (C=O) groups is 1. The van der Waals surface area contributed by atoms with Crippen LogP contribution in [0.2, 0.25) is 5.02 Å². The summed E-state index contributed by atoms with van der Waals surface area (Å²) >= 11 is 10.6. The summed E-state index contributed by atoms with van der Waals surface area (Å²) in [6, 6.07) is 6.68. The molecule has 3 aromatic rings. The molecule has 108 valence electrons. The summed E-state index contributed by atoms with van der Waals surface area (Å²) in [6.45, 7) is 0. The van der Waals surface area contributed by atoms with E-state index in [4.69, 9.17) is 20.8 Å². The highest BCUT2D eigenvalue weighted by Gasteiger charge is 2.16. The lowest BCUT2D eigenvalue weighted by atomic mass is 10.3. The van der Waals surface area contributed by atoms with Gasteiger partial charge in [0.1, 0.15) is 11.3 Å². The summed E-state index contributed by atoms with van der Waals surface area (Å²) in [5.41, 5.74) is 0.617. The SMILES string of the molecule is COc1ccc(Cl)c2sc(NC(=O)c3ccc(Br)o3)nc12. The minimum absolute atomic E-state index is 0.194. The Morgan fingerprint density at radius 3 is 2.90 bits per heavy atom. The number of rotatable bonds is 3. The predicted molar refractivity (Wildman–Crippen MR) is 85.5 cm³/mol. The molecule has 3 rings (SSSR count). The second kappa shape index (κ2) is 5.67. The van der Waals surface area contributed by atoms with Crippen LogP contribution >= 0.6 is 38.9 Å². The first-order chi connectivity index (χ1) is 10.1. The number of carbonyl (C=O) groups excluding carboxylic acids is 1. The number of methoxy groups -OCH3 is 1. The molecule has 2 aromatic heterocycles. The number of benzene rings is 1. The molecule has 0 saturated heterocycles. The van der Waals surface area contributed by atoms with Crippen molar-refractivity contribution in [1.82, 2.24) is 4.98 Å². The van der Waals surface area contributed by atoms with Crippen LogP contribution in [-0.4, -0.2) is 18.0 Å². The van der Waals surface area contributed by atoms with Crippen LogP contribution in [0.15, 0.2) is 33.4 Å². The molecule has 0 bridgehead atoms. The van der Waals surface area contributed by atoms with E-state index >= 15 is 0 Å². The third kappa shape index (κ3) is 2.76. The molecule has 5 nitrogen and oxygen atoms in total. The number of halogens is 2. The van der Waals surface area contributed by atoms with Gasteiger partial charge in [-0.15, -0.1) is 0 Å². The number of thiazole rings is 1. The minimum atomic E-state index is -0.380. The Morgan fingerprint density at radius 1 is 1.43 bits per heavy atom. The van der Waals surface area contributed by atoms with Gasteiger partial charge in [0.05, 0.1) is 16.8 Å². The zero-order valence-corrected chi connectivity index (χ0v) is 13.8. The van der Waals surface area contributed by atoms with E-state index in [9.17, 15) is 4.79 Å². The van der Waals surface area contributed by atoms with Gasteiger partial charge >= 0.3 is 0 Å². The van der Waals surface area contributed by atoms with Crippen molar-refractivity contribution in [2.24, 2.45) is 0 Å². The lowest BCUT2D eigenvalue weighted by molar-refractivity contribution is 0.0995. The largest absolute Gasteiger partial charge is 0.494 e. The quantitative estimate of drug-likeness (QED) is 0.715. The van der Waals surface area contributed by atoms with Gasteiger partial charge in [-0.1, -0.05) is 22.9 Å². The summed E-state index contributed by atoms with van der Waals surface area (Å²) in [6.07, 6.45) is 0. The molecule has 0 aliphatic carbocycles. The van der Waals surface area contributed by atoms with Crippen molar-refractivity contribution in [3.8, 4) is 5.75 Å². The molecule has 0 aliphatic heterocycles. The standard InChI is InChI=1S/C13H8BrClN2O3S/c1-19-7-3-2-6(15)11-10(7)16-13(21-11)17-12(18)8-4-5-9(14)20-8/h2-5H,1H3,(H,16,17,18). The van der Waals surface area contributed by atoms with E-state index in [0.717, 1.165) is 4.70 Å². The average molecular weight is 388 g/mol. The number of ether oxygens (including phenoxy) is 1. The monoisotopic (exact) mass is 386 g/mol. The molecule has 0 atom stereocenters. The molecular formula is C13H8BrClN2O3S. The zero-order chi connectivity index (χ0) is 15.0. The minimum Gasteiger partial charge on any atom is -0.494 e. The van der Waals surface area contributed by atoms with Crippen molar-refractivity contribution < 1.29 is 13.9 Å². The van der Waals surface area contributed by atoms with Crippen LogP contribution in [0.4, 0.5) is 5.13 Å². The summed E-state index contributed by atoms with van der Waals surface area (Å²) < 4.78 is 11.7. The van der Waals surface area contributed by atoms with Gasteiger partial charge in [-0.25, -0.2) is 4.98 Å². The first-order valence-corrected chi connectivity index (χ1v) is 7.77. The van der Waals surface area contributed by atoms with E-state index in [1.54, 1.807) is 31.4 Å².